The van der Waals surface area contributed by atoms with Crippen molar-refractivity contribution in [1.82, 2.24) is 15.4 Å². The highest BCUT2D eigenvalue weighted by Gasteiger charge is 2.21. The smallest absolute Gasteiger partial charge is 0.125 e. The van der Waals surface area contributed by atoms with Gasteiger partial charge >= 0.3 is 0 Å². The summed E-state index contributed by atoms with van der Waals surface area (Å²) < 4.78 is 5.20. The van der Waals surface area contributed by atoms with Crippen LogP contribution in [0.3, 0.4) is 0 Å². The number of ether oxygens (including phenoxy) is 1. The van der Waals surface area contributed by atoms with E-state index in [1.807, 2.05) is 60.8 Å². The van der Waals surface area contributed by atoms with Gasteiger partial charge in [0.15, 0.2) is 0 Å². The molecule has 0 aliphatic carbocycles. The van der Waals surface area contributed by atoms with Gasteiger partial charge in [-0.1, -0.05) is 0 Å². The Morgan fingerprint density at radius 1 is 1.00 bits per heavy atom. The fourth-order valence-corrected chi connectivity index (χ4v) is 2.78. The molecule has 0 atom stereocenters. The quantitative estimate of drug-likeness (QED) is 0.900. The first kappa shape index (κ1) is 15.9. The van der Waals surface area contributed by atoms with Gasteiger partial charge in [-0.25, -0.2) is 0 Å². The van der Waals surface area contributed by atoms with Crippen molar-refractivity contribution in [3.63, 3.8) is 0 Å². The Morgan fingerprint density at radius 3 is 2.29 bits per heavy atom. The summed E-state index contributed by atoms with van der Waals surface area (Å²) in [6.07, 6.45) is 3.63. The van der Waals surface area contributed by atoms with Gasteiger partial charge in [-0.05, 0) is 61.4 Å². The van der Waals surface area contributed by atoms with Crippen molar-refractivity contribution in [3.05, 3.63) is 71.3 Å². The number of nitrogens with one attached hydrogen (secondary N) is 2. The predicted octanol–water partition coefficient (Wildman–Crippen LogP) is 3.61. The van der Waals surface area contributed by atoms with Gasteiger partial charge in [0.25, 0.3) is 0 Å². The fourth-order valence-electron chi connectivity index (χ4n) is 2.78. The molecule has 2 N–H and O–H groups in total. The van der Waals surface area contributed by atoms with Crippen LogP contribution in [0, 0.1) is 0 Å². The minimum absolute atomic E-state index is 0.844. The number of aromatic nitrogens is 1. The van der Waals surface area contributed by atoms with Gasteiger partial charge in [-0.2, -0.15) is 0 Å². The maximum Gasteiger partial charge on any atom is 0.125 e. The third-order valence-electron chi connectivity index (χ3n) is 4.22. The lowest BCUT2D eigenvalue weighted by Crippen LogP contribution is -2.39. The van der Waals surface area contributed by atoms with Crippen LogP contribution in [-0.2, 0) is 0 Å². The van der Waals surface area contributed by atoms with Crippen LogP contribution < -0.4 is 15.5 Å². The molecule has 1 aliphatic heterocycles. The summed E-state index contributed by atoms with van der Waals surface area (Å²) in [5.74, 6) is 1.81. The second-order valence-corrected chi connectivity index (χ2v) is 5.73. The zero-order chi connectivity index (χ0) is 17.1. The summed E-state index contributed by atoms with van der Waals surface area (Å²) in [5.41, 5.74) is 9.11. The minimum atomic E-state index is 0.844. The molecule has 0 radical (unpaired) electrons. The van der Waals surface area contributed by atoms with Crippen molar-refractivity contribution >= 4 is 11.4 Å². The van der Waals surface area contributed by atoms with Gasteiger partial charge in [-0.15, -0.1) is 0 Å². The Hall–Kier alpha value is -2.95. The largest absolute Gasteiger partial charge is 0.497 e. The van der Waals surface area contributed by atoms with Crippen LogP contribution in [-0.4, -0.2) is 24.2 Å². The van der Waals surface area contributed by atoms with Crippen molar-refractivity contribution in [1.29, 1.82) is 0 Å². The number of hydrogen-bond donors (Lipinski definition) is 2. The van der Waals surface area contributed by atoms with E-state index in [0.29, 0.717) is 0 Å². The number of hydrogen-bond acceptors (Lipinski definition) is 5. The van der Waals surface area contributed by atoms with Crippen LogP contribution in [0.25, 0.3) is 5.70 Å². The van der Waals surface area contributed by atoms with E-state index in [9.17, 15) is 0 Å². The van der Waals surface area contributed by atoms with Crippen LogP contribution in [0.1, 0.15) is 19.4 Å². The van der Waals surface area contributed by atoms with Crippen molar-refractivity contribution in [2.45, 2.75) is 13.8 Å². The molecule has 124 valence electrons. The van der Waals surface area contributed by atoms with Gasteiger partial charge in [-0.3, -0.25) is 15.4 Å². The molecule has 2 aromatic rings. The average Bonchev–Trinajstić information content (AvgIpc) is 2.61. The Kier molecular flexibility index (Phi) is 4.42. The molecule has 5 heteroatoms. The first-order valence-electron chi connectivity index (χ1n) is 7.84. The lowest BCUT2D eigenvalue weighted by molar-refractivity contribution is 0.382. The van der Waals surface area contributed by atoms with Crippen molar-refractivity contribution in [2.24, 2.45) is 0 Å². The summed E-state index contributed by atoms with van der Waals surface area (Å²) in [6.45, 7) is 4.25. The number of rotatable bonds is 4. The summed E-state index contributed by atoms with van der Waals surface area (Å²) in [4.78, 5) is 4.10. The van der Waals surface area contributed by atoms with E-state index < -0.39 is 0 Å². The summed E-state index contributed by atoms with van der Waals surface area (Å²) in [7, 11) is 3.68. The lowest BCUT2D eigenvalue weighted by Gasteiger charge is -2.34. The highest BCUT2D eigenvalue weighted by Crippen LogP contribution is 2.30. The number of allylic oxidation sites excluding steroid dienone is 2. The molecule has 24 heavy (non-hydrogen) atoms. The molecule has 0 saturated carbocycles. The maximum absolute atomic E-state index is 5.20. The van der Waals surface area contributed by atoms with E-state index in [-0.39, 0.29) is 0 Å². The molecule has 0 fully saturated rings. The van der Waals surface area contributed by atoms with Crippen molar-refractivity contribution in [3.8, 4) is 5.75 Å². The first-order chi connectivity index (χ1) is 11.6. The van der Waals surface area contributed by atoms with Crippen LogP contribution in [0.4, 0.5) is 5.69 Å². The van der Waals surface area contributed by atoms with Gasteiger partial charge in [0.05, 0.1) is 12.8 Å². The Balaban J connectivity index is 1.92. The monoisotopic (exact) mass is 322 g/mol. The molecular weight excluding hydrogens is 300 g/mol. The molecule has 1 aromatic heterocycles. The minimum Gasteiger partial charge on any atom is -0.497 e. The van der Waals surface area contributed by atoms with Crippen LogP contribution in [0.5, 0.6) is 5.75 Å². The van der Waals surface area contributed by atoms with Crippen LogP contribution >= 0.6 is 0 Å². The molecule has 0 saturated heterocycles. The second-order valence-electron chi connectivity index (χ2n) is 5.73. The van der Waals surface area contributed by atoms with E-state index in [0.717, 1.165) is 28.5 Å². The zero-order valence-corrected chi connectivity index (χ0v) is 14.4. The number of hydrazine groups is 1. The molecule has 0 unspecified atom stereocenters. The topological polar surface area (TPSA) is 49.4 Å². The molecule has 0 amide bonds. The molecule has 5 nitrogen and oxygen atoms in total. The van der Waals surface area contributed by atoms with Gasteiger partial charge < -0.3 is 10.1 Å². The summed E-state index contributed by atoms with van der Waals surface area (Å²) in [6, 6.07) is 11.9. The third-order valence-corrected chi connectivity index (χ3v) is 4.22. The Morgan fingerprint density at radius 2 is 1.67 bits per heavy atom. The Labute approximate surface area is 142 Å². The standard InChI is InChI=1S/C19H22N4O/c1-13-14(2)19(21-16-5-7-17(24-4)8-6-16)22-23(3)18(13)15-9-11-20-12-10-15/h5-12,21-22H,1-4H3. The number of nitrogens with zero attached hydrogens (tertiary/aromatic N) is 2. The van der Waals surface area contributed by atoms with Gasteiger partial charge in [0.2, 0.25) is 0 Å². The third kappa shape index (κ3) is 3.06. The number of pyridine rings is 1. The van der Waals surface area contributed by atoms with Crippen LogP contribution in [0.15, 0.2) is 65.8 Å². The number of benzene rings is 1. The van der Waals surface area contributed by atoms with Gasteiger partial charge in [0.1, 0.15) is 11.6 Å². The van der Waals surface area contributed by atoms with E-state index in [4.69, 9.17) is 4.74 Å². The van der Waals surface area contributed by atoms with E-state index in [1.165, 1.54) is 11.1 Å². The fraction of sp³-hybridized carbons (Fsp3) is 0.211. The molecule has 1 aliphatic rings. The highest BCUT2D eigenvalue weighted by molar-refractivity contribution is 5.72. The molecule has 0 bridgehead atoms. The zero-order valence-electron chi connectivity index (χ0n) is 14.4. The second kappa shape index (κ2) is 6.66. The summed E-state index contributed by atoms with van der Waals surface area (Å²) >= 11 is 0. The van der Waals surface area contributed by atoms with Crippen LogP contribution in [0.2, 0.25) is 0 Å². The summed E-state index contributed by atoms with van der Waals surface area (Å²) in [5, 5.41) is 5.47. The predicted molar refractivity (Wildman–Crippen MR) is 97.0 cm³/mol. The SMILES string of the molecule is COc1ccc(NC2=C(C)C(C)=C(c3ccncc3)N(C)N2)cc1. The average molecular weight is 322 g/mol. The normalized spacial score (nSPS) is 14.6. The van der Waals surface area contributed by atoms with Crippen molar-refractivity contribution in [2.75, 3.05) is 19.5 Å². The van der Waals surface area contributed by atoms with E-state index in [1.54, 1.807) is 7.11 Å². The molecule has 3 rings (SSSR count). The maximum atomic E-state index is 5.20. The highest BCUT2D eigenvalue weighted by atomic mass is 16.5. The first-order valence-corrected chi connectivity index (χ1v) is 7.84. The number of anilines is 1. The van der Waals surface area contributed by atoms with Gasteiger partial charge in [0, 0.05) is 30.7 Å². The molecule has 2 heterocycles. The lowest BCUT2D eigenvalue weighted by atomic mass is 10.0. The van der Waals surface area contributed by atoms with E-state index >= 15 is 0 Å². The molecule has 1 aromatic carbocycles. The van der Waals surface area contributed by atoms with E-state index in [2.05, 4.69) is 29.6 Å². The van der Waals surface area contributed by atoms with Crippen molar-refractivity contribution < 1.29 is 4.74 Å². The Bertz CT molecular complexity index is 779. The number of methoxy groups -OCH3 is 1. The molecular formula is C19H22N4O. The molecule has 0 spiro atoms.